The van der Waals surface area contributed by atoms with Gasteiger partial charge in [0.05, 0.1) is 22.4 Å². The Hall–Kier alpha value is -2.49. The van der Waals surface area contributed by atoms with Gasteiger partial charge in [-0.2, -0.15) is 0 Å². The molecule has 1 heterocycles. The van der Waals surface area contributed by atoms with Crippen molar-refractivity contribution in [3.05, 3.63) is 59.7 Å². The van der Waals surface area contributed by atoms with E-state index in [1.165, 1.54) is 0 Å². The maximum Gasteiger partial charge on any atom is 0.0890 e. The van der Waals surface area contributed by atoms with Gasteiger partial charge in [-0.3, -0.25) is 15.0 Å². The molecule has 0 aliphatic carbocycles. The molecule has 0 saturated carbocycles. The lowest BCUT2D eigenvalue weighted by Crippen LogP contribution is -2.12. The average molecular weight is 266 g/mol. The largest absolute Gasteiger partial charge is 0.380 e. The lowest BCUT2D eigenvalue weighted by Gasteiger charge is -2.09. The smallest absolute Gasteiger partial charge is 0.0890 e. The Morgan fingerprint density at radius 1 is 1.30 bits per heavy atom. The van der Waals surface area contributed by atoms with Crippen molar-refractivity contribution in [2.75, 3.05) is 0 Å². The summed E-state index contributed by atoms with van der Waals surface area (Å²) >= 11 is 0. The summed E-state index contributed by atoms with van der Waals surface area (Å²) in [5.74, 6) is 0. The van der Waals surface area contributed by atoms with E-state index >= 15 is 0 Å². The molecule has 0 aliphatic heterocycles. The number of aliphatic imine (C=N–C) groups is 1. The van der Waals surface area contributed by atoms with E-state index in [1.807, 2.05) is 44.2 Å². The van der Waals surface area contributed by atoms with Crippen molar-refractivity contribution in [2.45, 2.75) is 20.4 Å². The molecule has 0 fully saturated rings. The lowest BCUT2D eigenvalue weighted by atomic mass is 10.2. The molecule has 0 amide bonds. The molecule has 2 rings (SSSR count). The van der Waals surface area contributed by atoms with E-state index in [4.69, 9.17) is 0 Å². The fourth-order valence-electron chi connectivity index (χ4n) is 1.88. The van der Waals surface area contributed by atoms with E-state index in [1.54, 1.807) is 12.4 Å². The van der Waals surface area contributed by atoms with E-state index in [0.29, 0.717) is 6.54 Å². The highest BCUT2D eigenvalue weighted by atomic mass is 14.9. The fourth-order valence-corrected chi connectivity index (χ4v) is 1.88. The maximum absolute atomic E-state index is 4.31. The van der Waals surface area contributed by atoms with Crippen LogP contribution in [0.1, 0.15) is 19.4 Å². The molecule has 0 unspecified atom stereocenters. The molecule has 4 nitrogen and oxygen atoms in total. The van der Waals surface area contributed by atoms with Crippen molar-refractivity contribution in [2.24, 2.45) is 4.99 Å². The van der Waals surface area contributed by atoms with Crippen molar-refractivity contribution in [3.8, 4) is 0 Å². The zero-order valence-corrected chi connectivity index (χ0v) is 11.8. The van der Waals surface area contributed by atoms with E-state index in [2.05, 4.69) is 27.0 Å². The van der Waals surface area contributed by atoms with Gasteiger partial charge in [-0.15, -0.1) is 0 Å². The van der Waals surface area contributed by atoms with Crippen LogP contribution in [0.5, 0.6) is 0 Å². The van der Waals surface area contributed by atoms with Crippen LogP contribution < -0.4 is 5.32 Å². The third-order valence-electron chi connectivity index (χ3n) is 2.98. The zero-order valence-electron chi connectivity index (χ0n) is 11.8. The number of fused-ring (bicyclic) bond motifs is 1. The number of benzene rings is 1. The lowest BCUT2D eigenvalue weighted by molar-refractivity contribution is 0.819. The molecule has 1 N–H and O–H groups in total. The normalized spacial score (nSPS) is 12.5. The van der Waals surface area contributed by atoms with E-state index in [-0.39, 0.29) is 0 Å². The Morgan fingerprint density at radius 3 is 2.75 bits per heavy atom. The van der Waals surface area contributed by atoms with Gasteiger partial charge in [0.1, 0.15) is 0 Å². The topological polar surface area (TPSA) is 50.2 Å². The number of rotatable bonds is 5. The molecule has 0 spiro atoms. The number of hydrogen-bond donors (Lipinski definition) is 1. The van der Waals surface area contributed by atoms with Crippen molar-refractivity contribution < 1.29 is 0 Å². The van der Waals surface area contributed by atoms with Crippen LogP contribution in [-0.4, -0.2) is 16.7 Å². The predicted octanol–water partition coefficient (Wildman–Crippen LogP) is 3.23. The van der Waals surface area contributed by atoms with Crippen molar-refractivity contribution in [1.29, 1.82) is 0 Å². The highest BCUT2D eigenvalue weighted by Crippen LogP contribution is 2.12. The number of hydrogen-bond acceptors (Lipinski definition) is 4. The Kier molecular flexibility index (Phi) is 4.60. The van der Waals surface area contributed by atoms with Crippen LogP contribution in [0.3, 0.4) is 0 Å². The zero-order chi connectivity index (χ0) is 14.4. The van der Waals surface area contributed by atoms with Crippen LogP contribution >= 0.6 is 0 Å². The van der Waals surface area contributed by atoms with Gasteiger partial charge in [0.2, 0.25) is 0 Å². The predicted molar refractivity (Wildman–Crippen MR) is 83.4 cm³/mol. The first-order valence-corrected chi connectivity index (χ1v) is 6.48. The Labute approximate surface area is 119 Å². The molecular formula is C16H18N4. The summed E-state index contributed by atoms with van der Waals surface area (Å²) in [7, 11) is 0. The van der Waals surface area contributed by atoms with Gasteiger partial charge in [-0.1, -0.05) is 12.1 Å². The summed E-state index contributed by atoms with van der Waals surface area (Å²) in [5.41, 5.74) is 4.81. The third kappa shape index (κ3) is 3.29. The minimum absolute atomic E-state index is 0.707. The van der Waals surface area contributed by atoms with Gasteiger partial charge in [0, 0.05) is 18.9 Å². The first-order chi connectivity index (χ1) is 9.74. The highest BCUT2D eigenvalue weighted by molar-refractivity contribution is 5.74. The molecule has 0 aliphatic rings. The second-order valence-corrected chi connectivity index (χ2v) is 4.39. The van der Waals surface area contributed by atoms with Gasteiger partial charge < -0.3 is 5.32 Å². The van der Waals surface area contributed by atoms with Crippen LogP contribution in [0.25, 0.3) is 11.0 Å². The van der Waals surface area contributed by atoms with Crippen LogP contribution in [0.4, 0.5) is 0 Å². The highest BCUT2D eigenvalue weighted by Gasteiger charge is 2.00. The third-order valence-corrected chi connectivity index (χ3v) is 2.98. The molecule has 0 bridgehead atoms. The quantitative estimate of drug-likeness (QED) is 0.667. The van der Waals surface area contributed by atoms with E-state index in [0.717, 1.165) is 28.0 Å². The maximum atomic E-state index is 4.31. The Morgan fingerprint density at radius 2 is 2.05 bits per heavy atom. The summed E-state index contributed by atoms with van der Waals surface area (Å²) in [6.45, 7) is 8.17. The van der Waals surface area contributed by atoms with Crippen molar-refractivity contribution in [1.82, 2.24) is 15.3 Å². The van der Waals surface area contributed by atoms with E-state index in [9.17, 15) is 0 Å². The Balaban J connectivity index is 2.18. The summed E-state index contributed by atoms with van der Waals surface area (Å²) in [4.78, 5) is 12.5. The second kappa shape index (κ2) is 6.61. The number of nitrogens with zero attached hydrogens (tertiary/aromatic N) is 3. The van der Waals surface area contributed by atoms with Crippen LogP contribution in [-0.2, 0) is 6.54 Å². The molecular weight excluding hydrogens is 248 g/mol. The molecule has 0 saturated heterocycles. The summed E-state index contributed by atoms with van der Waals surface area (Å²) < 4.78 is 0. The standard InChI is InChI=1S/C16H18N4/c1-4-5-14(12(2)17-3)20-11-13-6-7-15-16(10-13)19-9-8-18-15/h4-10,20H,3,11H2,1-2H3/b5-4?,14-12+. The number of aromatic nitrogens is 2. The summed E-state index contributed by atoms with van der Waals surface area (Å²) in [6.07, 6.45) is 7.37. The SMILES string of the molecule is C=N/C(C)=C(\C=CC)NCc1ccc2nccnc2c1. The molecule has 2 aromatic rings. The molecule has 1 aromatic heterocycles. The second-order valence-electron chi connectivity index (χ2n) is 4.39. The average Bonchev–Trinajstić information content (AvgIpc) is 2.50. The molecule has 102 valence electrons. The molecule has 1 aromatic carbocycles. The number of allylic oxidation sites excluding steroid dienone is 3. The van der Waals surface area contributed by atoms with Gasteiger partial charge in [0.15, 0.2) is 0 Å². The van der Waals surface area contributed by atoms with Gasteiger partial charge in [-0.05, 0) is 44.3 Å². The molecule has 0 atom stereocenters. The van der Waals surface area contributed by atoms with Gasteiger partial charge in [-0.25, -0.2) is 0 Å². The Bertz CT molecular complexity index is 671. The van der Waals surface area contributed by atoms with Crippen molar-refractivity contribution >= 4 is 17.8 Å². The minimum Gasteiger partial charge on any atom is -0.380 e. The summed E-state index contributed by atoms with van der Waals surface area (Å²) in [5, 5.41) is 3.36. The van der Waals surface area contributed by atoms with Crippen LogP contribution in [0, 0.1) is 0 Å². The van der Waals surface area contributed by atoms with Crippen LogP contribution in [0.15, 0.2) is 59.1 Å². The molecule has 4 heteroatoms. The van der Waals surface area contributed by atoms with Gasteiger partial charge in [0.25, 0.3) is 0 Å². The first kappa shape index (κ1) is 13.9. The molecule has 0 radical (unpaired) electrons. The molecule has 20 heavy (non-hydrogen) atoms. The van der Waals surface area contributed by atoms with Crippen molar-refractivity contribution in [3.63, 3.8) is 0 Å². The van der Waals surface area contributed by atoms with E-state index < -0.39 is 0 Å². The first-order valence-electron chi connectivity index (χ1n) is 6.48. The van der Waals surface area contributed by atoms with Gasteiger partial charge >= 0.3 is 0 Å². The van der Waals surface area contributed by atoms with Crippen LogP contribution in [0.2, 0.25) is 0 Å². The minimum atomic E-state index is 0.707. The summed E-state index contributed by atoms with van der Waals surface area (Å²) in [6, 6.07) is 6.07. The fraction of sp³-hybridized carbons (Fsp3) is 0.188. The number of nitrogens with one attached hydrogen (secondary N) is 1. The monoisotopic (exact) mass is 266 g/mol.